The predicted molar refractivity (Wildman–Crippen MR) is 86.7 cm³/mol. The summed E-state index contributed by atoms with van der Waals surface area (Å²) in [6.07, 6.45) is -1.09. The highest BCUT2D eigenvalue weighted by atomic mass is 35.5. The number of amides is 3. The summed E-state index contributed by atoms with van der Waals surface area (Å²) >= 11 is 5.94. The summed E-state index contributed by atoms with van der Waals surface area (Å²) in [5.41, 5.74) is 0.769. The summed E-state index contributed by atoms with van der Waals surface area (Å²) in [6.45, 7) is 2.07. The van der Waals surface area contributed by atoms with Gasteiger partial charge in [0.05, 0.1) is 11.1 Å². The van der Waals surface area contributed by atoms with Gasteiger partial charge in [0.25, 0.3) is 5.91 Å². The molecule has 3 rings (SSSR count). The molecule has 3 amide bonds. The highest BCUT2D eigenvalue weighted by Gasteiger charge is 2.32. The maximum Gasteiger partial charge on any atom is 0.339 e. The molecule has 1 aromatic carbocycles. The summed E-state index contributed by atoms with van der Waals surface area (Å²) in [7, 11) is 0. The van der Waals surface area contributed by atoms with E-state index in [9.17, 15) is 14.4 Å². The van der Waals surface area contributed by atoms with Crippen molar-refractivity contribution in [2.75, 3.05) is 13.1 Å². The molecule has 1 fully saturated rings. The Kier molecular flexibility index (Phi) is 4.35. The van der Waals surface area contributed by atoms with Crippen LogP contribution in [0.2, 0.25) is 5.15 Å². The number of benzene rings is 1. The van der Waals surface area contributed by atoms with Crippen LogP contribution < -0.4 is 5.32 Å². The third kappa shape index (κ3) is 3.03. The number of pyridine rings is 1. The summed E-state index contributed by atoms with van der Waals surface area (Å²) in [5, 5.41) is 3.25. The molecule has 1 aliphatic rings. The number of hydrogen-bond donors (Lipinski definition) is 1. The van der Waals surface area contributed by atoms with E-state index in [1.165, 1.54) is 13.0 Å². The number of aromatic nitrogens is 1. The van der Waals surface area contributed by atoms with Crippen LogP contribution in [0.4, 0.5) is 4.79 Å². The number of nitrogens with zero attached hydrogens (tertiary/aromatic N) is 2. The monoisotopic (exact) mass is 347 g/mol. The molecule has 0 aliphatic carbocycles. The van der Waals surface area contributed by atoms with Crippen molar-refractivity contribution in [3.63, 3.8) is 0 Å². The largest absolute Gasteiger partial charge is 0.449 e. The number of ether oxygens (including phenoxy) is 1. The smallest absolute Gasteiger partial charge is 0.339 e. The molecule has 8 heteroatoms. The van der Waals surface area contributed by atoms with Gasteiger partial charge < -0.3 is 10.1 Å². The van der Waals surface area contributed by atoms with Gasteiger partial charge in [0, 0.05) is 18.5 Å². The van der Waals surface area contributed by atoms with Crippen molar-refractivity contribution in [1.82, 2.24) is 15.2 Å². The Morgan fingerprint density at radius 2 is 2.12 bits per heavy atom. The highest BCUT2D eigenvalue weighted by Crippen LogP contribution is 2.22. The van der Waals surface area contributed by atoms with E-state index >= 15 is 0 Å². The number of halogens is 1. The van der Waals surface area contributed by atoms with E-state index in [0.29, 0.717) is 17.4 Å². The Morgan fingerprint density at radius 1 is 1.38 bits per heavy atom. The van der Waals surface area contributed by atoms with E-state index in [-0.39, 0.29) is 17.3 Å². The van der Waals surface area contributed by atoms with Crippen molar-refractivity contribution >= 4 is 40.4 Å². The zero-order valence-corrected chi connectivity index (χ0v) is 13.5. The van der Waals surface area contributed by atoms with Gasteiger partial charge in [-0.25, -0.2) is 14.6 Å². The van der Waals surface area contributed by atoms with Crippen LogP contribution in [0.15, 0.2) is 30.3 Å². The van der Waals surface area contributed by atoms with Gasteiger partial charge in [-0.3, -0.25) is 9.69 Å². The zero-order valence-electron chi connectivity index (χ0n) is 12.8. The van der Waals surface area contributed by atoms with Gasteiger partial charge >= 0.3 is 12.0 Å². The summed E-state index contributed by atoms with van der Waals surface area (Å²) < 4.78 is 5.23. The second-order valence-corrected chi connectivity index (χ2v) is 5.67. The SMILES string of the molecule is C[C@H](OC(=O)c1cc(Cl)nc2ccccc12)C(=O)N1CCNC1=O. The van der Waals surface area contributed by atoms with Gasteiger partial charge in [-0.05, 0) is 19.1 Å². The van der Waals surface area contributed by atoms with E-state index in [1.807, 2.05) is 0 Å². The number of carbonyl (C=O) groups excluding carboxylic acids is 3. The number of rotatable bonds is 3. The van der Waals surface area contributed by atoms with Crippen molar-refractivity contribution in [2.24, 2.45) is 0 Å². The molecule has 0 radical (unpaired) electrons. The molecule has 1 saturated heterocycles. The molecule has 0 spiro atoms. The summed E-state index contributed by atoms with van der Waals surface area (Å²) in [5.74, 6) is -1.27. The molecule has 1 aromatic heterocycles. The molecule has 1 aliphatic heterocycles. The van der Waals surface area contributed by atoms with Crippen LogP contribution >= 0.6 is 11.6 Å². The first-order valence-corrected chi connectivity index (χ1v) is 7.70. The van der Waals surface area contributed by atoms with Crippen LogP contribution in [0.25, 0.3) is 10.9 Å². The van der Waals surface area contributed by atoms with Gasteiger partial charge in [-0.1, -0.05) is 29.8 Å². The fourth-order valence-electron chi connectivity index (χ4n) is 2.49. The van der Waals surface area contributed by atoms with Gasteiger partial charge in [0.15, 0.2) is 6.10 Å². The minimum Gasteiger partial charge on any atom is -0.449 e. The molecular formula is C16H14ClN3O4. The minimum absolute atomic E-state index is 0.151. The Balaban J connectivity index is 1.82. The van der Waals surface area contributed by atoms with E-state index < -0.39 is 24.0 Å². The normalized spacial score (nSPS) is 15.2. The average Bonchev–Trinajstić information content (AvgIpc) is 2.99. The van der Waals surface area contributed by atoms with Crippen molar-refractivity contribution in [3.05, 3.63) is 41.0 Å². The first-order chi connectivity index (χ1) is 11.5. The van der Waals surface area contributed by atoms with E-state index in [2.05, 4.69) is 10.3 Å². The lowest BCUT2D eigenvalue weighted by molar-refractivity contribution is -0.136. The second kappa shape index (κ2) is 6.45. The minimum atomic E-state index is -1.09. The third-order valence-electron chi connectivity index (χ3n) is 3.66. The standard InChI is InChI=1S/C16H14ClN3O4/c1-9(14(21)20-7-6-18-16(20)23)24-15(22)11-8-13(17)19-12-5-3-2-4-10(11)12/h2-5,8-9H,6-7H2,1H3,(H,18,23)/t9-/m0/s1. The molecule has 7 nitrogen and oxygen atoms in total. The molecular weight excluding hydrogens is 334 g/mol. The number of fused-ring (bicyclic) bond motifs is 1. The Labute approximate surface area is 142 Å². The topological polar surface area (TPSA) is 88.6 Å². The molecule has 2 aromatic rings. The maximum absolute atomic E-state index is 12.4. The first kappa shape index (κ1) is 16.2. The fraction of sp³-hybridized carbons (Fsp3) is 0.250. The third-order valence-corrected chi connectivity index (χ3v) is 3.85. The van der Waals surface area contributed by atoms with Gasteiger partial charge in [0.1, 0.15) is 5.15 Å². The van der Waals surface area contributed by atoms with Crippen molar-refractivity contribution in [1.29, 1.82) is 0 Å². The number of nitrogens with one attached hydrogen (secondary N) is 1. The Bertz CT molecular complexity index is 839. The van der Waals surface area contributed by atoms with E-state index in [1.54, 1.807) is 24.3 Å². The fourth-order valence-corrected chi connectivity index (χ4v) is 2.69. The molecule has 1 N–H and O–H groups in total. The van der Waals surface area contributed by atoms with E-state index in [4.69, 9.17) is 16.3 Å². The second-order valence-electron chi connectivity index (χ2n) is 5.28. The van der Waals surface area contributed by atoms with Crippen LogP contribution in [0.1, 0.15) is 17.3 Å². The van der Waals surface area contributed by atoms with Crippen molar-refractivity contribution in [3.8, 4) is 0 Å². The predicted octanol–water partition coefficient (Wildman–Crippen LogP) is 1.99. The van der Waals surface area contributed by atoms with Crippen LogP contribution in [0.3, 0.4) is 0 Å². The Morgan fingerprint density at radius 3 is 2.83 bits per heavy atom. The number of esters is 1. The molecule has 1 atom stereocenters. The molecule has 124 valence electrons. The Hall–Kier alpha value is -2.67. The quantitative estimate of drug-likeness (QED) is 0.677. The van der Waals surface area contributed by atoms with E-state index in [0.717, 1.165) is 4.90 Å². The summed E-state index contributed by atoms with van der Waals surface area (Å²) in [6, 6.07) is 7.89. The maximum atomic E-state index is 12.4. The number of para-hydroxylation sites is 1. The molecule has 0 saturated carbocycles. The van der Waals surface area contributed by atoms with Gasteiger partial charge in [0.2, 0.25) is 0 Å². The van der Waals surface area contributed by atoms with Crippen LogP contribution in [-0.2, 0) is 9.53 Å². The van der Waals surface area contributed by atoms with Gasteiger partial charge in [-0.15, -0.1) is 0 Å². The molecule has 0 unspecified atom stereocenters. The number of hydrogen-bond acceptors (Lipinski definition) is 5. The lowest BCUT2D eigenvalue weighted by Gasteiger charge is -2.18. The lowest BCUT2D eigenvalue weighted by atomic mass is 10.1. The molecule has 0 bridgehead atoms. The number of carbonyl (C=O) groups is 3. The van der Waals surface area contributed by atoms with Gasteiger partial charge in [-0.2, -0.15) is 0 Å². The van der Waals surface area contributed by atoms with Crippen LogP contribution in [0, 0.1) is 0 Å². The number of urea groups is 1. The highest BCUT2D eigenvalue weighted by molar-refractivity contribution is 6.30. The number of imide groups is 1. The average molecular weight is 348 g/mol. The molecule has 2 heterocycles. The summed E-state index contributed by atoms with van der Waals surface area (Å²) in [4.78, 5) is 41.3. The molecule has 24 heavy (non-hydrogen) atoms. The van der Waals surface area contributed by atoms with Crippen molar-refractivity contribution in [2.45, 2.75) is 13.0 Å². The zero-order chi connectivity index (χ0) is 17.3. The van der Waals surface area contributed by atoms with Crippen LogP contribution in [0.5, 0.6) is 0 Å². The lowest BCUT2D eigenvalue weighted by Crippen LogP contribution is -2.41. The first-order valence-electron chi connectivity index (χ1n) is 7.33. The van der Waals surface area contributed by atoms with Crippen LogP contribution in [-0.4, -0.2) is 47.0 Å². The van der Waals surface area contributed by atoms with Crippen molar-refractivity contribution < 1.29 is 19.1 Å².